The van der Waals surface area contributed by atoms with Crippen molar-refractivity contribution in [2.45, 2.75) is 69.5 Å². The first-order valence-electron chi connectivity index (χ1n) is 12.3. The van der Waals surface area contributed by atoms with E-state index in [1.807, 2.05) is 38.1 Å². The third-order valence-electron chi connectivity index (χ3n) is 8.29. The Bertz CT molecular complexity index is 1160. The first kappa shape index (κ1) is 23.7. The molecule has 3 aliphatic heterocycles. The van der Waals surface area contributed by atoms with Crippen molar-refractivity contribution in [2.75, 3.05) is 13.7 Å². The van der Waals surface area contributed by atoms with Crippen molar-refractivity contribution in [3.05, 3.63) is 24.3 Å². The van der Waals surface area contributed by atoms with Gasteiger partial charge in [0.1, 0.15) is 23.8 Å². The number of benzene rings is 1. The number of likely N-dealkylation sites (tertiary alicyclic amines) is 1. The fourth-order valence-electron chi connectivity index (χ4n) is 6.60. The number of fused-ring (bicyclic) bond motifs is 2. The fraction of sp³-hybridized carbons (Fsp3) is 0.625. The summed E-state index contributed by atoms with van der Waals surface area (Å²) in [6.45, 7) is 3.59. The van der Waals surface area contributed by atoms with Gasteiger partial charge in [-0.3, -0.25) is 14.4 Å². The van der Waals surface area contributed by atoms with E-state index in [0.717, 1.165) is 5.52 Å². The number of aromatic nitrogens is 3. The minimum Gasteiger partial charge on any atom is -0.394 e. The van der Waals surface area contributed by atoms with Gasteiger partial charge >= 0.3 is 0 Å². The molecule has 3 aliphatic rings. The van der Waals surface area contributed by atoms with Crippen LogP contribution in [-0.4, -0.2) is 79.7 Å². The number of carbonyl (C=O) groups is 3. The van der Waals surface area contributed by atoms with Crippen molar-refractivity contribution >= 4 is 28.8 Å². The average molecular weight is 485 g/mol. The van der Waals surface area contributed by atoms with Gasteiger partial charge in [-0.2, -0.15) is 0 Å². The van der Waals surface area contributed by atoms with E-state index in [-0.39, 0.29) is 25.1 Å². The largest absolute Gasteiger partial charge is 0.394 e. The van der Waals surface area contributed by atoms with E-state index < -0.39 is 41.0 Å². The Balaban J connectivity index is 1.51. The minimum absolute atomic E-state index is 0.0618. The number of hydrogen-bond donors (Lipinski definition) is 3. The zero-order valence-electron chi connectivity index (χ0n) is 20.2. The molecular formula is C24H32N6O5. The van der Waals surface area contributed by atoms with Gasteiger partial charge in [0.15, 0.2) is 0 Å². The lowest BCUT2D eigenvalue weighted by molar-refractivity contribution is -0.151. The first-order valence-corrected chi connectivity index (χ1v) is 12.3. The van der Waals surface area contributed by atoms with Crippen LogP contribution >= 0.6 is 0 Å². The summed E-state index contributed by atoms with van der Waals surface area (Å²) in [7, 11) is 1.55. The third-order valence-corrected chi connectivity index (χ3v) is 8.29. The molecule has 0 aliphatic carbocycles. The Morgan fingerprint density at radius 2 is 2.03 bits per heavy atom. The topological polar surface area (TPSA) is 139 Å². The second kappa shape index (κ2) is 8.56. The zero-order chi connectivity index (χ0) is 25.0. The van der Waals surface area contributed by atoms with E-state index in [9.17, 15) is 19.5 Å². The minimum atomic E-state index is -1.12. The molecule has 5 rings (SSSR count). The highest BCUT2D eigenvalue weighted by Gasteiger charge is 2.78. The maximum absolute atomic E-state index is 13.9. The molecule has 6 atom stereocenters. The van der Waals surface area contributed by atoms with Crippen LogP contribution in [0, 0.1) is 11.8 Å². The van der Waals surface area contributed by atoms with Crippen LogP contribution in [0.15, 0.2) is 24.3 Å². The Morgan fingerprint density at radius 3 is 2.71 bits per heavy atom. The zero-order valence-corrected chi connectivity index (χ0v) is 20.2. The average Bonchev–Trinajstić information content (AvgIpc) is 3.60. The smallest absolute Gasteiger partial charge is 0.247 e. The highest BCUT2D eigenvalue weighted by atomic mass is 16.5. The van der Waals surface area contributed by atoms with Crippen molar-refractivity contribution in [3.8, 4) is 0 Å². The maximum Gasteiger partial charge on any atom is 0.247 e. The van der Waals surface area contributed by atoms with Crippen molar-refractivity contribution in [1.82, 2.24) is 30.5 Å². The molecule has 1 spiro atoms. The summed E-state index contributed by atoms with van der Waals surface area (Å²) >= 11 is 0. The molecule has 11 nitrogen and oxygen atoms in total. The van der Waals surface area contributed by atoms with Crippen LogP contribution in [0.3, 0.4) is 0 Å². The molecule has 3 fully saturated rings. The van der Waals surface area contributed by atoms with Crippen LogP contribution in [-0.2, 0) is 25.8 Å². The van der Waals surface area contributed by atoms with E-state index in [0.29, 0.717) is 31.2 Å². The molecule has 1 aromatic heterocycles. The number of nitrogens with zero attached hydrogens (tertiary/aromatic N) is 4. The van der Waals surface area contributed by atoms with Gasteiger partial charge in [0, 0.05) is 7.05 Å². The maximum atomic E-state index is 13.9. The number of carbonyl (C=O) groups excluding carboxylic acids is 3. The van der Waals surface area contributed by atoms with Gasteiger partial charge in [-0.05, 0) is 37.8 Å². The summed E-state index contributed by atoms with van der Waals surface area (Å²) in [6.07, 6.45) is 2.11. The molecule has 2 unspecified atom stereocenters. The van der Waals surface area contributed by atoms with Crippen molar-refractivity contribution in [2.24, 2.45) is 11.8 Å². The number of nitrogens with one attached hydrogen (secondary N) is 2. The Kier molecular flexibility index (Phi) is 5.79. The normalized spacial score (nSPS) is 32.2. The van der Waals surface area contributed by atoms with E-state index in [1.165, 1.54) is 4.90 Å². The predicted octanol–water partition coefficient (Wildman–Crippen LogP) is 0.177. The van der Waals surface area contributed by atoms with Crippen LogP contribution in [0.5, 0.6) is 0 Å². The first-order chi connectivity index (χ1) is 16.9. The molecule has 1 aromatic carbocycles. The second-order valence-corrected chi connectivity index (χ2v) is 9.71. The molecule has 2 bridgehead atoms. The lowest BCUT2D eigenvalue weighted by atomic mass is 9.65. The standard InChI is InChI=1S/C24H32N6O5/c1-4-14(12-31)30-19(21(33)26-13-29-16-9-7-6-8-15(16)27-28-29)24-11-10-23(5-2,35-24)17(20(32)25-3)18(24)22(30)34/h6-9,14,17-19,31H,4-5,10-13H2,1-3H3,(H,25,32)(H,26,33)/t14-,17-,18-,19?,23+,24?/m0/s1. The van der Waals surface area contributed by atoms with Crippen LogP contribution < -0.4 is 10.6 Å². The number of hydrogen-bond acceptors (Lipinski definition) is 7. The van der Waals surface area contributed by atoms with Crippen LogP contribution in [0.2, 0.25) is 0 Å². The molecule has 35 heavy (non-hydrogen) atoms. The van der Waals surface area contributed by atoms with Crippen molar-refractivity contribution in [3.63, 3.8) is 0 Å². The molecule has 188 valence electrons. The molecular weight excluding hydrogens is 452 g/mol. The summed E-state index contributed by atoms with van der Waals surface area (Å²) in [5, 5.41) is 23.9. The van der Waals surface area contributed by atoms with Gasteiger partial charge in [0.2, 0.25) is 17.7 Å². The van der Waals surface area contributed by atoms with E-state index in [4.69, 9.17) is 4.74 Å². The summed E-state index contributed by atoms with van der Waals surface area (Å²) in [5.74, 6) is -2.41. The molecule has 3 amide bonds. The molecule has 0 saturated carbocycles. The van der Waals surface area contributed by atoms with E-state index in [2.05, 4.69) is 20.9 Å². The SMILES string of the molecule is CC[C@@H](CO)N1C(=O)[C@@H]2[C@@H](C(=O)NC)[C@@]3(CC)CCC2(O3)C1C(=O)NCn1nnc2ccccc21. The molecule has 2 aromatic rings. The van der Waals surface area contributed by atoms with Gasteiger partial charge < -0.3 is 25.4 Å². The van der Waals surface area contributed by atoms with Gasteiger partial charge in [0.25, 0.3) is 0 Å². The van der Waals surface area contributed by atoms with Gasteiger partial charge in [-0.1, -0.05) is 31.2 Å². The van der Waals surface area contributed by atoms with Gasteiger partial charge in [-0.25, -0.2) is 4.68 Å². The fourth-order valence-corrected chi connectivity index (χ4v) is 6.60. The monoisotopic (exact) mass is 484 g/mol. The van der Waals surface area contributed by atoms with Gasteiger partial charge in [-0.15, -0.1) is 5.10 Å². The number of aliphatic hydroxyl groups is 1. The van der Waals surface area contributed by atoms with Crippen LogP contribution in [0.1, 0.15) is 39.5 Å². The van der Waals surface area contributed by atoms with Crippen LogP contribution in [0.25, 0.3) is 11.0 Å². The summed E-state index contributed by atoms with van der Waals surface area (Å²) in [6, 6.07) is 5.91. The molecule has 11 heteroatoms. The number of ether oxygens (including phenoxy) is 1. The molecule has 3 N–H and O–H groups in total. The lowest BCUT2D eigenvalue weighted by Crippen LogP contribution is -2.58. The Morgan fingerprint density at radius 1 is 1.26 bits per heavy atom. The van der Waals surface area contributed by atoms with Crippen molar-refractivity contribution < 1.29 is 24.2 Å². The Hall–Kier alpha value is -3.05. The quantitative estimate of drug-likeness (QED) is 0.486. The highest BCUT2D eigenvalue weighted by Crippen LogP contribution is 2.64. The summed E-state index contributed by atoms with van der Waals surface area (Å²) < 4.78 is 8.22. The number of aliphatic hydroxyl groups excluding tert-OH is 1. The number of amides is 3. The molecule has 4 heterocycles. The van der Waals surface area contributed by atoms with Gasteiger partial charge in [0.05, 0.1) is 35.6 Å². The second-order valence-electron chi connectivity index (χ2n) is 9.71. The Labute approximate surface area is 203 Å². The summed E-state index contributed by atoms with van der Waals surface area (Å²) in [5.41, 5.74) is -0.428. The van der Waals surface area contributed by atoms with Crippen molar-refractivity contribution in [1.29, 1.82) is 0 Å². The van der Waals surface area contributed by atoms with E-state index >= 15 is 0 Å². The molecule has 3 saturated heterocycles. The third kappa shape index (κ3) is 3.21. The predicted molar refractivity (Wildman–Crippen MR) is 125 cm³/mol. The molecule has 0 radical (unpaired) electrons. The lowest BCUT2D eigenvalue weighted by Gasteiger charge is -2.37. The van der Waals surface area contributed by atoms with Crippen LogP contribution in [0.4, 0.5) is 0 Å². The number of rotatable bonds is 8. The van der Waals surface area contributed by atoms with E-state index in [1.54, 1.807) is 11.7 Å². The highest BCUT2D eigenvalue weighted by molar-refractivity contribution is 5.99. The summed E-state index contributed by atoms with van der Waals surface area (Å²) in [4.78, 5) is 42.2. The number of para-hydroxylation sites is 1.